The van der Waals surface area contributed by atoms with Crippen molar-refractivity contribution in [3.8, 4) is 0 Å². The van der Waals surface area contributed by atoms with Crippen LogP contribution in [0.3, 0.4) is 0 Å². The molecular formula is C31H47ClN2O3. The van der Waals surface area contributed by atoms with Crippen molar-refractivity contribution in [2.45, 2.75) is 104 Å². The molecule has 4 rings (SSSR count). The Morgan fingerprint density at radius 1 is 1.24 bits per heavy atom. The number of aryl methyl sites for hydroxylation is 1. The van der Waals surface area contributed by atoms with Crippen molar-refractivity contribution in [1.82, 2.24) is 10.2 Å². The molecule has 0 saturated heterocycles. The highest BCUT2D eigenvalue weighted by atomic mass is 35.5. The summed E-state index contributed by atoms with van der Waals surface area (Å²) in [5, 5.41) is 13.9. The Morgan fingerprint density at radius 3 is 2.35 bits per heavy atom. The molecule has 3 saturated carbocycles. The van der Waals surface area contributed by atoms with Gasteiger partial charge in [0.05, 0.1) is 11.0 Å². The van der Waals surface area contributed by atoms with Crippen molar-refractivity contribution in [3.63, 3.8) is 0 Å². The lowest BCUT2D eigenvalue weighted by molar-refractivity contribution is -0.219. The van der Waals surface area contributed by atoms with Gasteiger partial charge in [0, 0.05) is 17.3 Å². The van der Waals surface area contributed by atoms with Gasteiger partial charge in [-0.3, -0.25) is 9.59 Å². The van der Waals surface area contributed by atoms with Crippen molar-refractivity contribution < 1.29 is 14.7 Å². The van der Waals surface area contributed by atoms with Crippen LogP contribution in [0.15, 0.2) is 30.0 Å². The third-order valence-corrected chi connectivity index (χ3v) is 9.24. The Bertz CT molecular complexity index is 990. The first-order valence-corrected chi connectivity index (χ1v) is 14.3. The average Bonchev–Trinajstić information content (AvgIpc) is 2.75. The van der Waals surface area contributed by atoms with E-state index in [1.807, 2.05) is 13.2 Å². The van der Waals surface area contributed by atoms with E-state index in [-0.39, 0.29) is 17.0 Å². The number of amides is 1. The zero-order valence-electron chi connectivity index (χ0n) is 23.9. The van der Waals surface area contributed by atoms with Crippen LogP contribution in [0, 0.1) is 22.7 Å². The number of halogens is 1. The van der Waals surface area contributed by atoms with E-state index in [2.05, 4.69) is 65.1 Å². The molecule has 2 unspecified atom stereocenters. The maximum atomic E-state index is 12.2. The molecule has 3 fully saturated rings. The maximum absolute atomic E-state index is 12.2. The summed E-state index contributed by atoms with van der Waals surface area (Å²) in [5.74, 6) is 0.293. The van der Waals surface area contributed by atoms with E-state index in [1.54, 1.807) is 4.90 Å². The average molecular weight is 531 g/mol. The molecule has 0 radical (unpaired) electrons. The lowest BCUT2D eigenvalue weighted by Gasteiger charge is -2.70. The number of rotatable bonds is 14. The monoisotopic (exact) mass is 530 g/mol. The Kier molecular flexibility index (Phi) is 9.22. The predicted octanol–water partition coefficient (Wildman–Crippen LogP) is 6.87. The summed E-state index contributed by atoms with van der Waals surface area (Å²) < 4.78 is 0. The number of benzene rings is 1. The summed E-state index contributed by atoms with van der Waals surface area (Å²) in [6.07, 6.45) is 9.35. The van der Waals surface area contributed by atoms with E-state index < -0.39 is 11.4 Å². The second-order valence-corrected chi connectivity index (χ2v) is 13.6. The maximum Gasteiger partial charge on any atom is 0.309 e. The Labute approximate surface area is 229 Å². The number of carbonyl (C=O) groups is 2. The first-order chi connectivity index (χ1) is 17.3. The van der Waals surface area contributed by atoms with Crippen molar-refractivity contribution in [1.29, 1.82) is 0 Å². The standard InChI is InChI=1S/C31H47ClN2O3/c1-8-23(21(2)3)15-25(16-34(20-35)31-17-30(18-31,19-31)28(36)37)27(33-7)14-22-9-10-24(26(32)13-22)11-12-29(4,5)6/h9-10,13,16,20-21,23,27,33H,8,11-12,14-15,17-19H2,1-7H3,(H,36,37)/b25-16-. The molecular weight excluding hydrogens is 484 g/mol. The van der Waals surface area contributed by atoms with Crippen molar-refractivity contribution in [2.75, 3.05) is 7.05 Å². The number of carbonyl (C=O) groups excluding carboxylic acids is 1. The van der Waals surface area contributed by atoms with Crippen molar-refractivity contribution >= 4 is 24.0 Å². The van der Waals surface area contributed by atoms with Gasteiger partial charge in [-0.15, -0.1) is 0 Å². The van der Waals surface area contributed by atoms with Crippen LogP contribution in [0.4, 0.5) is 0 Å². The van der Waals surface area contributed by atoms with Gasteiger partial charge in [0.1, 0.15) is 0 Å². The van der Waals surface area contributed by atoms with Crippen LogP contribution in [0.5, 0.6) is 0 Å². The molecule has 0 heterocycles. The van der Waals surface area contributed by atoms with Crippen LogP contribution >= 0.6 is 11.6 Å². The highest BCUT2D eigenvalue weighted by Gasteiger charge is 2.74. The molecule has 2 N–H and O–H groups in total. The largest absolute Gasteiger partial charge is 0.481 e. The van der Waals surface area contributed by atoms with Gasteiger partial charge in [0.15, 0.2) is 0 Å². The minimum atomic E-state index is -0.730. The number of hydrogen-bond donors (Lipinski definition) is 2. The molecule has 1 aromatic rings. The van der Waals surface area contributed by atoms with E-state index in [4.69, 9.17) is 11.6 Å². The Hall–Kier alpha value is -1.85. The minimum Gasteiger partial charge on any atom is -0.481 e. The second-order valence-electron chi connectivity index (χ2n) is 13.2. The van der Waals surface area contributed by atoms with Gasteiger partial charge in [-0.25, -0.2) is 0 Å². The number of likely N-dealkylation sites (N-methyl/N-ethyl adjacent to an activating group) is 1. The number of aliphatic carboxylic acids is 1. The molecule has 2 atom stereocenters. The van der Waals surface area contributed by atoms with Gasteiger partial charge >= 0.3 is 5.97 Å². The van der Waals surface area contributed by atoms with Crippen LogP contribution in [0.1, 0.15) is 91.2 Å². The summed E-state index contributed by atoms with van der Waals surface area (Å²) in [5.41, 5.74) is 2.86. The molecule has 37 heavy (non-hydrogen) atoms. The third kappa shape index (κ3) is 6.60. The SMILES string of the molecule is CCC(C/C(=C/N(C=O)C12CC(C(=O)O)(C1)C2)C(Cc1ccc(CCC(C)(C)C)c(Cl)c1)NC)C(C)C. The molecule has 1 amide bonds. The van der Waals surface area contributed by atoms with Crippen LogP contribution < -0.4 is 5.32 Å². The number of hydrogen-bond acceptors (Lipinski definition) is 3. The first-order valence-electron chi connectivity index (χ1n) is 13.9. The molecule has 1 aromatic carbocycles. The zero-order chi connectivity index (χ0) is 27.6. The van der Waals surface area contributed by atoms with E-state index in [0.717, 1.165) is 43.5 Å². The van der Waals surface area contributed by atoms with Gasteiger partial charge in [-0.2, -0.15) is 0 Å². The highest BCUT2D eigenvalue weighted by Crippen LogP contribution is 2.69. The quantitative estimate of drug-likeness (QED) is 0.257. The lowest BCUT2D eigenvalue weighted by Crippen LogP contribution is -2.75. The minimum absolute atomic E-state index is 0.0486. The van der Waals surface area contributed by atoms with Crippen LogP contribution in [-0.4, -0.2) is 41.0 Å². The summed E-state index contributed by atoms with van der Waals surface area (Å²) >= 11 is 6.71. The number of carboxylic acid groups (broad SMARTS) is 1. The number of nitrogens with one attached hydrogen (secondary N) is 1. The van der Waals surface area contributed by atoms with Gasteiger partial charge in [0.25, 0.3) is 0 Å². The predicted molar refractivity (Wildman–Crippen MR) is 152 cm³/mol. The highest BCUT2D eigenvalue weighted by molar-refractivity contribution is 6.31. The lowest BCUT2D eigenvalue weighted by atomic mass is 9.39. The molecule has 3 aliphatic rings. The van der Waals surface area contributed by atoms with Crippen LogP contribution in [-0.2, 0) is 22.4 Å². The summed E-state index contributed by atoms with van der Waals surface area (Å²) in [7, 11) is 1.97. The zero-order valence-corrected chi connectivity index (χ0v) is 24.6. The van der Waals surface area contributed by atoms with Crippen LogP contribution in [0.25, 0.3) is 0 Å². The topological polar surface area (TPSA) is 69.6 Å². The molecule has 3 aliphatic carbocycles. The fourth-order valence-electron chi connectivity index (χ4n) is 6.22. The molecule has 0 aromatic heterocycles. The van der Waals surface area contributed by atoms with E-state index in [1.165, 1.54) is 16.7 Å². The molecule has 0 spiro atoms. The Morgan fingerprint density at radius 2 is 1.89 bits per heavy atom. The molecule has 0 aliphatic heterocycles. The van der Waals surface area contributed by atoms with Crippen molar-refractivity contribution in [2.24, 2.45) is 22.7 Å². The summed E-state index contributed by atoms with van der Waals surface area (Å²) in [4.78, 5) is 25.7. The number of nitrogens with zero attached hydrogens (tertiary/aromatic N) is 1. The summed E-state index contributed by atoms with van der Waals surface area (Å²) in [6.45, 7) is 13.5. The first kappa shape index (κ1) is 29.7. The molecule has 5 nitrogen and oxygen atoms in total. The normalized spacial score (nSPS) is 24.7. The van der Waals surface area contributed by atoms with Gasteiger partial charge in [-0.1, -0.05) is 71.7 Å². The fraction of sp³-hybridized carbons (Fsp3) is 0.677. The molecule has 6 heteroatoms. The van der Waals surface area contributed by atoms with Gasteiger partial charge in [0.2, 0.25) is 6.41 Å². The van der Waals surface area contributed by atoms with E-state index in [0.29, 0.717) is 31.1 Å². The molecule has 206 valence electrons. The Balaban J connectivity index is 1.84. The van der Waals surface area contributed by atoms with Crippen LogP contribution in [0.2, 0.25) is 5.02 Å². The second kappa shape index (κ2) is 11.5. The van der Waals surface area contributed by atoms with Gasteiger partial charge in [-0.05, 0) is 92.0 Å². The van der Waals surface area contributed by atoms with E-state index in [9.17, 15) is 14.7 Å². The summed E-state index contributed by atoms with van der Waals surface area (Å²) in [6, 6.07) is 6.48. The third-order valence-electron chi connectivity index (χ3n) is 8.88. The number of carboxylic acids is 1. The van der Waals surface area contributed by atoms with Crippen molar-refractivity contribution in [3.05, 3.63) is 46.1 Å². The van der Waals surface area contributed by atoms with E-state index >= 15 is 0 Å². The fourth-order valence-corrected chi connectivity index (χ4v) is 6.51. The smallest absolute Gasteiger partial charge is 0.309 e. The van der Waals surface area contributed by atoms with Gasteiger partial charge < -0.3 is 15.3 Å². The molecule has 2 bridgehead atoms.